The molecule has 5 nitrogen and oxygen atoms in total. The number of pyridine rings is 1. The molecule has 7 heteroatoms. The van der Waals surface area contributed by atoms with E-state index in [2.05, 4.69) is 39.0 Å². The Hall–Kier alpha value is -2.90. The predicted molar refractivity (Wildman–Crippen MR) is 125 cm³/mol. The van der Waals surface area contributed by atoms with Gasteiger partial charge in [-0.2, -0.15) is 0 Å². The second-order valence-electron chi connectivity index (χ2n) is 7.76. The van der Waals surface area contributed by atoms with Gasteiger partial charge in [0.15, 0.2) is 0 Å². The SMILES string of the molecule is CN1CCc2cc(F)c(SN)cc21.O=CC1CN(c2ccc(-c3ccccn3)cc2)C1. The van der Waals surface area contributed by atoms with Crippen LogP contribution in [0.1, 0.15) is 5.56 Å². The quantitative estimate of drug-likeness (QED) is 0.489. The molecule has 2 aliphatic rings. The first-order valence-electron chi connectivity index (χ1n) is 10.2. The lowest BCUT2D eigenvalue weighted by molar-refractivity contribution is -0.111. The van der Waals surface area contributed by atoms with Crippen molar-refractivity contribution in [1.29, 1.82) is 0 Å². The third kappa shape index (κ3) is 4.73. The molecule has 0 amide bonds. The van der Waals surface area contributed by atoms with Crippen LogP contribution in [-0.2, 0) is 11.2 Å². The van der Waals surface area contributed by atoms with E-state index in [9.17, 15) is 9.18 Å². The third-order valence-electron chi connectivity index (χ3n) is 5.68. The lowest BCUT2D eigenvalue weighted by atomic mass is 10.0. The van der Waals surface area contributed by atoms with Gasteiger partial charge in [0.25, 0.3) is 0 Å². The minimum atomic E-state index is -0.207. The van der Waals surface area contributed by atoms with Gasteiger partial charge in [0.05, 0.1) is 10.6 Å². The largest absolute Gasteiger partial charge is 0.374 e. The van der Waals surface area contributed by atoms with Gasteiger partial charge in [0.1, 0.15) is 12.1 Å². The molecule has 2 N–H and O–H groups in total. The molecule has 3 aromatic rings. The zero-order valence-corrected chi connectivity index (χ0v) is 18.2. The number of carbonyl (C=O) groups excluding carboxylic acids is 1. The average Bonchev–Trinajstić information content (AvgIpc) is 3.13. The fourth-order valence-electron chi connectivity index (χ4n) is 3.82. The van der Waals surface area contributed by atoms with Crippen molar-refractivity contribution in [3.63, 3.8) is 0 Å². The Balaban J connectivity index is 0.000000158. The summed E-state index contributed by atoms with van der Waals surface area (Å²) in [5.74, 6) is 0.00187. The van der Waals surface area contributed by atoms with Gasteiger partial charge < -0.3 is 14.6 Å². The Morgan fingerprint density at radius 1 is 1.16 bits per heavy atom. The number of likely N-dealkylation sites (N-methyl/N-ethyl adjacent to an activating group) is 1. The van der Waals surface area contributed by atoms with Gasteiger partial charge >= 0.3 is 0 Å². The Morgan fingerprint density at radius 3 is 2.58 bits per heavy atom. The second-order valence-corrected chi connectivity index (χ2v) is 8.44. The zero-order chi connectivity index (χ0) is 21.8. The van der Waals surface area contributed by atoms with E-state index < -0.39 is 0 Å². The van der Waals surface area contributed by atoms with Gasteiger partial charge in [0.2, 0.25) is 0 Å². The molecule has 2 aliphatic heterocycles. The Bertz CT molecular complexity index is 1040. The number of fused-ring (bicyclic) bond motifs is 1. The third-order valence-corrected chi connectivity index (χ3v) is 6.25. The van der Waals surface area contributed by atoms with E-state index in [1.807, 2.05) is 31.3 Å². The van der Waals surface area contributed by atoms with E-state index in [1.165, 1.54) is 5.69 Å². The number of benzene rings is 2. The second kappa shape index (κ2) is 9.49. The molecule has 0 atom stereocenters. The van der Waals surface area contributed by atoms with Gasteiger partial charge in [-0.15, -0.1) is 0 Å². The monoisotopic (exact) mass is 436 g/mol. The van der Waals surface area contributed by atoms with Crippen molar-refractivity contribution in [2.45, 2.75) is 11.3 Å². The topological polar surface area (TPSA) is 62.5 Å². The van der Waals surface area contributed by atoms with Crippen LogP contribution in [0.15, 0.2) is 65.7 Å². The number of aldehydes is 1. The Kier molecular flexibility index (Phi) is 6.53. The summed E-state index contributed by atoms with van der Waals surface area (Å²) >= 11 is 0.962. The average molecular weight is 437 g/mol. The Labute approximate surface area is 186 Å². The lowest BCUT2D eigenvalue weighted by Gasteiger charge is -2.38. The summed E-state index contributed by atoms with van der Waals surface area (Å²) in [6.45, 7) is 2.65. The molecule has 1 aromatic heterocycles. The number of halogens is 1. The normalized spacial score (nSPS) is 15.1. The van der Waals surface area contributed by atoms with Crippen molar-refractivity contribution >= 4 is 29.6 Å². The van der Waals surface area contributed by atoms with Gasteiger partial charge in [-0.3, -0.25) is 10.1 Å². The van der Waals surface area contributed by atoms with Crippen LogP contribution in [0.3, 0.4) is 0 Å². The van der Waals surface area contributed by atoms with Crippen molar-refractivity contribution in [3.05, 3.63) is 72.2 Å². The predicted octanol–water partition coefficient (Wildman–Crippen LogP) is 4.17. The highest BCUT2D eigenvalue weighted by Crippen LogP contribution is 2.32. The number of hydrogen-bond acceptors (Lipinski definition) is 6. The smallest absolute Gasteiger partial charge is 0.138 e. The minimum absolute atomic E-state index is 0.207. The number of nitrogens with zero attached hydrogens (tertiary/aromatic N) is 3. The van der Waals surface area contributed by atoms with Crippen molar-refractivity contribution in [2.24, 2.45) is 11.1 Å². The van der Waals surface area contributed by atoms with Gasteiger partial charge in [-0.05, 0) is 60.3 Å². The summed E-state index contributed by atoms with van der Waals surface area (Å²) < 4.78 is 13.3. The number of carbonyl (C=O) groups is 1. The molecule has 0 saturated carbocycles. The highest BCUT2D eigenvalue weighted by molar-refractivity contribution is 7.97. The number of rotatable bonds is 4. The van der Waals surface area contributed by atoms with Crippen molar-refractivity contribution in [2.75, 3.05) is 36.5 Å². The van der Waals surface area contributed by atoms with Crippen LogP contribution in [0.4, 0.5) is 15.8 Å². The van der Waals surface area contributed by atoms with E-state index in [0.717, 1.165) is 66.8 Å². The van der Waals surface area contributed by atoms with E-state index in [1.54, 1.807) is 12.3 Å². The molecule has 2 aromatic carbocycles. The van der Waals surface area contributed by atoms with Gasteiger partial charge in [0, 0.05) is 55.7 Å². The van der Waals surface area contributed by atoms with E-state index in [-0.39, 0.29) is 11.7 Å². The molecule has 1 fully saturated rings. The van der Waals surface area contributed by atoms with Crippen molar-refractivity contribution in [1.82, 2.24) is 4.98 Å². The molecule has 0 bridgehead atoms. The highest BCUT2D eigenvalue weighted by Gasteiger charge is 2.26. The fraction of sp³-hybridized carbons (Fsp3) is 0.250. The molecule has 0 radical (unpaired) electrons. The summed E-state index contributed by atoms with van der Waals surface area (Å²) in [6.07, 6.45) is 3.77. The first-order chi connectivity index (χ1) is 15.1. The summed E-state index contributed by atoms with van der Waals surface area (Å²) in [6, 6.07) is 17.6. The Morgan fingerprint density at radius 2 is 1.94 bits per heavy atom. The number of anilines is 2. The van der Waals surface area contributed by atoms with Crippen LogP contribution in [0, 0.1) is 11.7 Å². The van der Waals surface area contributed by atoms with Crippen LogP contribution >= 0.6 is 11.9 Å². The first kappa shape index (κ1) is 21.3. The molecule has 0 aliphatic carbocycles. The summed E-state index contributed by atoms with van der Waals surface area (Å²) in [4.78, 5) is 19.7. The lowest BCUT2D eigenvalue weighted by Crippen LogP contribution is -2.47. The molecule has 3 heterocycles. The van der Waals surface area contributed by atoms with Crippen molar-refractivity contribution in [3.8, 4) is 11.3 Å². The van der Waals surface area contributed by atoms with Crippen LogP contribution in [0.5, 0.6) is 0 Å². The summed E-state index contributed by atoms with van der Waals surface area (Å²) in [5, 5.41) is 5.35. The molecule has 160 valence electrons. The molecule has 31 heavy (non-hydrogen) atoms. The molecule has 1 saturated heterocycles. The van der Waals surface area contributed by atoms with Crippen LogP contribution in [0.25, 0.3) is 11.3 Å². The molecule has 5 rings (SSSR count). The van der Waals surface area contributed by atoms with Crippen LogP contribution < -0.4 is 14.9 Å². The maximum absolute atomic E-state index is 13.3. The van der Waals surface area contributed by atoms with Gasteiger partial charge in [-0.25, -0.2) is 4.39 Å². The van der Waals surface area contributed by atoms with Crippen LogP contribution in [0.2, 0.25) is 0 Å². The van der Waals surface area contributed by atoms with Crippen LogP contribution in [-0.4, -0.2) is 38.0 Å². The standard InChI is InChI=1S/C15H14N2O.C9H11FN2S/c18-11-12-9-17(10-12)14-6-4-13(5-7-14)15-3-1-2-8-16-15;1-12-3-2-6-4-7(10)9(13-11)5-8(6)12/h1-8,11-12H,9-10H2;4-5H,2-3,11H2,1H3. The van der Waals surface area contributed by atoms with E-state index in [0.29, 0.717) is 4.90 Å². The summed E-state index contributed by atoms with van der Waals surface area (Å²) in [5.41, 5.74) is 5.46. The minimum Gasteiger partial charge on any atom is -0.374 e. The van der Waals surface area contributed by atoms with Gasteiger partial charge in [-0.1, -0.05) is 18.2 Å². The van der Waals surface area contributed by atoms with E-state index in [4.69, 9.17) is 5.14 Å². The molecular formula is C24H25FN4OS. The summed E-state index contributed by atoms with van der Waals surface area (Å²) in [7, 11) is 2.01. The molecule has 0 spiro atoms. The number of aromatic nitrogens is 1. The highest BCUT2D eigenvalue weighted by atomic mass is 32.2. The number of hydrogen-bond donors (Lipinski definition) is 1. The fourth-order valence-corrected chi connectivity index (χ4v) is 4.18. The van der Waals surface area contributed by atoms with E-state index >= 15 is 0 Å². The molecular weight excluding hydrogens is 411 g/mol. The number of nitrogens with two attached hydrogens (primary N) is 1. The maximum atomic E-state index is 13.3. The first-order valence-corrected chi connectivity index (χ1v) is 11.1. The zero-order valence-electron chi connectivity index (χ0n) is 17.4. The maximum Gasteiger partial charge on any atom is 0.138 e. The van der Waals surface area contributed by atoms with Crippen molar-refractivity contribution < 1.29 is 9.18 Å². The molecule has 0 unspecified atom stereocenters.